The van der Waals surface area contributed by atoms with Gasteiger partial charge in [-0.25, -0.2) is 4.79 Å². The molecule has 158 valence electrons. The Morgan fingerprint density at radius 3 is 2.50 bits per heavy atom. The Bertz CT molecular complexity index is 986. The standard InChI is InChI=1S/C26H30O3S/c1-6-7-20-13-17(3)12-18(4)24(20)25-22(27)14-23(29-26(25)28)19(5)15-30-21-10-8-16(2)9-11-21/h6-13,19,23,27H,14-15H2,1-5H3/b7-6+. The summed E-state index contributed by atoms with van der Waals surface area (Å²) in [5.41, 5.74) is 5.31. The number of ether oxygens (including phenoxy) is 1. The summed E-state index contributed by atoms with van der Waals surface area (Å²) >= 11 is 1.75. The van der Waals surface area contributed by atoms with Crippen molar-refractivity contribution in [2.75, 3.05) is 5.75 Å². The molecule has 4 heteroatoms. The van der Waals surface area contributed by atoms with Crippen LogP contribution in [0.15, 0.2) is 53.1 Å². The molecule has 0 bridgehead atoms. The number of thioether (sulfide) groups is 1. The minimum absolute atomic E-state index is 0.123. The predicted octanol–water partition coefficient (Wildman–Crippen LogP) is 6.66. The minimum Gasteiger partial charge on any atom is -0.511 e. The number of hydrogen-bond acceptors (Lipinski definition) is 4. The van der Waals surface area contributed by atoms with Gasteiger partial charge in [-0.3, -0.25) is 0 Å². The SMILES string of the molecule is C/C=C/c1cc(C)cc(C)c1C1=C(O)CC(C(C)CSc2ccc(C)cc2)OC1=O. The van der Waals surface area contributed by atoms with Crippen LogP contribution in [0.25, 0.3) is 11.6 Å². The van der Waals surface area contributed by atoms with Gasteiger partial charge in [-0.2, -0.15) is 0 Å². The van der Waals surface area contributed by atoms with Gasteiger partial charge in [-0.1, -0.05) is 54.5 Å². The largest absolute Gasteiger partial charge is 0.511 e. The molecule has 1 aliphatic rings. The Hall–Kier alpha value is -2.46. The van der Waals surface area contributed by atoms with Crippen LogP contribution in [0.4, 0.5) is 0 Å². The predicted molar refractivity (Wildman–Crippen MR) is 126 cm³/mol. The van der Waals surface area contributed by atoms with E-state index in [2.05, 4.69) is 38.1 Å². The number of aliphatic hydroxyl groups is 1. The van der Waals surface area contributed by atoms with E-state index in [0.29, 0.717) is 12.0 Å². The quantitative estimate of drug-likeness (QED) is 0.418. The molecule has 0 saturated heterocycles. The van der Waals surface area contributed by atoms with Crippen LogP contribution in [0.3, 0.4) is 0 Å². The lowest BCUT2D eigenvalue weighted by atomic mass is 9.88. The maximum absolute atomic E-state index is 13.0. The molecule has 2 aromatic rings. The summed E-state index contributed by atoms with van der Waals surface area (Å²) in [6, 6.07) is 12.5. The molecule has 2 aromatic carbocycles. The second kappa shape index (κ2) is 9.57. The first-order chi connectivity index (χ1) is 14.3. The lowest BCUT2D eigenvalue weighted by molar-refractivity contribution is -0.145. The highest BCUT2D eigenvalue weighted by Crippen LogP contribution is 2.36. The van der Waals surface area contributed by atoms with Gasteiger partial charge in [-0.05, 0) is 51.0 Å². The van der Waals surface area contributed by atoms with E-state index in [1.165, 1.54) is 10.5 Å². The summed E-state index contributed by atoms with van der Waals surface area (Å²) in [6.45, 7) is 10.1. The fourth-order valence-electron chi connectivity index (χ4n) is 3.83. The number of rotatable bonds is 6. The van der Waals surface area contributed by atoms with Gasteiger partial charge in [0, 0.05) is 28.6 Å². The molecule has 0 fully saturated rings. The average molecular weight is 423 g/mol. The van der Waals surface area contributed by atoms with Crippen molar-refractivity contribution in [2.24, 2.45) is 5.92 Å². The van der Waals surface area contributed by atoms with Gasteiger partial charge in [0.2, 0.25) is 0 Å². The highest BCUT2D eigenvalue weighted by Gasteiger charge is 2.34. The molecular weight excluding hydrogens is 392 g/mol. The first-order valence-electron chi connectivity index (χ1n) is 10.4. The summed E-state index contributed by atoms with van der Waals surface area (Å²) in [4.78, 5) is 14.2. The highest BCUT2D eigenvalue weighted by molar-refractivity contribution is 7.99. The van der Waals surface area contributed by atoms with Gasteiger partial charge in [0.15, 0.2) is 0 Å². The summed E-state index contributed by atoms with van der Waals surface area (Å²) < 4.78 is 5.82. The van der Waals surface area contributed by atoms with Crippen molar-refractivity contribution in [3.8, 4) is 0 Å². The second-order valence-electron chi connectivity index (χ2n) is 8.12. The lowest BCUT2D eigenvalue weighted by Crippen LogP contribution is -2.32. The van der Waals surface area contributed by atoms with E-state index in [1.807, 2.05) is 45.1 Å². The van der Waals surface area contributed by atoms with Crippen molar-refractivity contribution in [3.05, 3.63) is 76.1 Å². The third-order valence-corrected chi connectivity index (χ3v) is 6.72. The van der Waals surface area contributed by atoms with Crippen molar-refractivity contribution in [3.63, 3.8) is 0 Å². The zero-order chi connectivity index (χ0) is 21.8. The maximum Gasteiger partial charge on any atom is 0.342 e. The average Bonchev–Trinajstić information content (AvgIpc) is 2.68. The molecule has 2 atom stereocenters. The van der Waals surface area contributed by atoms with Crippen molar-refractivity contribution in [1.29, 1.82) is 0 Å². The van der Waals surface area contributed by atoms with Gasteiger partial charge in [0.1, 0.15) is 17.4 Å². The van der Waals surface area contributed by atoms with Crippen LogP contribution in [0.2, 0.25) is 0 Å². The number of aliphatic hydroxyl groups excluding tert-OH is 1. The normalized spacial score (nSPS) is 18.0. The first-order valence-corrected chi connectivity index (χ1v) is 11.4. The second-order valence-corrected chi connectivity index (χ2v) is 9.21. The summed E-state index contributed by atoms with van der Waals surface area (Å²) in [7, 11) is 0. The van der Waals surface area contributed by atoms with Gasteiger partial charge in [0.25, 0.3) is 0 Å². The van der Waals surface area contributed by atoms with Crippen LogP contribution in [0, 0.1) is 26.7 Å². The van der Waals surface area contributed by atoms with E-state index in [1.54, 1.807) is 11.8 Å². The number of allylic oxidation sites excluding steroid dienone is 1. The smallest absolute Gasteiger partial charge is 0.342 e. The zero-order valence-corrected chi connectivity index (χ0v) is 19.2. The van der Waals surface area contributed by atoms with Crippen LogP contribution in [-0.2, 0) is 9.53 Å². The summed E-state index contributed by atoms with van der Waals surface area (Å²) in [5.74, 6) is 0.629. The molecule has 0 amide bonds. The van der Waals surface area contributed by atoms with Crippen LogP contribution < -0.4 is 0 Å². The molecule has 3 nitrogen and oxygen atoms in total. The number of benzene rings is 2. The fourth-order valence-corrected chi connectivity index (χ4v) is 4.83. The molecule has 1 N–H and O–H groups in total. The van der Waals surface area contributed by atoms with Crippen molar-refractivity contribution < 1.29 is 14.6 Å². The molecule has 1 heterocycles. The third kappa shape index (κ3) is 4.99. The number of carbonyl (C=O) groups is 1. The Morgan fingerprint density at radius 2 is 1.87 bits per heavy atom. The van der Waals surface area contributed by atoms with E-state index >= 15 is 0 Å². The molecule has 0 aromatic heterocycles. The molecule has 0 radical (unpaired) electrons. The third-order valence-electron chi connectivity index (χ3n) is 5.42. The number of carbonyl (C=O) groups excluding carboxylic acids is 1. The van der Waals surface area contributed by atoms with E-state index < -0.39 is 5.97 Å². The number of aryl methyl sites for hydroxylation is 3. The molecular formula is C26H30O3S. The Labute approximate surface area is 183 Å². The number of hydrogen-bond donors (Lipinski definition) is 1. The Morgan fingerprint density at radius 1 is 1.17 bits per heavy atom. The molecule has 30 heavy (non-hydrogen) atoms. The van der Waals surface area contributed by atoms with Gasteiger partial charge < -0.3 is 9.84 Å². The maximum atomic E-state index is 13.0. The van der Waals surface area contributed by atoms with Gasteiger partial charge in [-0.15, -0.1) is 11.8 Å². The van der Waals surface area contributed by atoms with Crippen molar-refractivity contribution >= 4 is 29.4 Å². The number of esters is 1. The topological polar surface area (TPSA) is 46.5 Å². The first kappa shape index (κ1) is 22.2. The van der Waals surface area contributed by atoms with Crippen LogP contribution in [-0.4, -0.2) is 22.9 Å². The van der Waals surface area contributed by atoms with Crippen LogP contribution in [0.1, 0.15) is 48.1 Å². The zero-order valence-electron chi connectivity index (χ0n) is 18.4. The Balaban J connectivity index is 1.80. The molecule has 2 unspecified atom stereocenters. The van der Waals surface area contributed by atoms with Crippen LogP contribution in [0.5, 0.6) is 0 Å². The van der Waals surface area contributed by atoms with E-state index in [4.69, 9.17) is 4.74 Å². The molecule has 0 spiro atoms. The van der Waals surface area contributed by atoms with Crippen molar-refractivity contribution in [1.82, 2.24) is 0 Å². The highest BCUT2D eigenvalue weighted by atomic mass is 32.2. The molecule has 3 rings (SSSR count). The fraction of sp³-hybridized carbons (Fsp3) is 0.346. The van der Waals surface area contributed by atoms with E-state index in [0.717, 1.165) is 28.0 Å². The summed E-state index contributed by atoms with van der Waals surface area (Å²) in [5, 5.41) is 10.9. The monoisotopic (exact) mass is 422 g/mol. The lowest BCUT2D eigenvalue weighted by Gasteiger charge is -2.29. The van der Waals surface area contributed by atoms with E-state index in [9.17, 15) is 9.90 Å². The minimum atomic E-state index is -0.436. The Kier molecular flexibility index (Phi) is 7.09. The van der Waals surface area contributed by atoms with Gasteiger partial charge >= 0.3 is 5.97 Å². The van der Waals surface area contributed by atoms with Gasteiger partial charge in [0.05, 0.1) is 0 Å². The van der Waals surface area contributed by atoms with Crippen molar-refractivity contribution in [2.45, 2.75) is 52.0 Å². The molecule has 1 aliphatic heterocycles. The summed E-state index contributed by atoms with van der Waals surface area (Å²) in [6.07, 6.45) is 3.93. The molecule has 0 saturated carbocycles. The van der Waals surface area contributed by atoms with Crippen LogP contribution >= 0.6 is 11.8 Å². The van der Waals surface area contributed by atoms with E-state index in [-0.39, 0.29) is 17.8 Å². The molecule has 0 aliphatic carbocycles. The number of cyclic esters (lactones) is 1.